The van der Waals surface area contributed by atoms with Gasteiger partial charge in [-0.3, -0.25) is 4.68 Å². The predicted octanol–water partition coefficient (Wildman–Crippen LogP) is 0.280. The molecule has 0 aromatic carbocycles. The summed E-state index contributed by atoms with van der Waals surface area (Å²) in [5.74, 6) is 1.04. The first-order valence-corrected chi connectivity index (χ1v) is 7.65. The molecule has 0 spiro atoms. The second-order valence-corrected chi connectivity index (χ2v) is 7.28. The second kappa shape index (κ2) is 4.89. The lowest BCUT2D eigenvalue weighted by Crippen LogP contribution is -2.50. The van der Waals surface area contributed by atoms with Gasteiger partial charge in [0.2, 0.25) is 10.0 Å². The van der Waals surface area contributed by atoms with E-state index in [0.717, 1.165) is 5.82 Å². The van der Waals surface area contributed by atoms with Crippen LogP contribution in [0.25, 0.3) is 0 Å². The van der Waals surface area contributed by atoms with Crippen LogP contribution in [-0.4, -0.2) is 53.9 Å². The van der Waals surface area contributed by atoms with E-state index in [2.05, 4.69) is 10.00 Å². The van der Waals surface area contributed by atoms with Crippen LogP contribution in [0.5, 0.6) is 0 Å². The molecule has 0 saturated carbocycles. The highest BCUT2D eigenvalue weighted by molar-refractivity contribution is 7.89. The molecule has 0 radical (unpaired) electrons. The summed E-state index contributed by atoms with van der Waals surface area (Å²) in [6, 6.07) is 1.95. The number of aromatic nitrogens is 2. The Balaban J connectivity index is 2.03. The van der Waals surface area contributed by atoms with Crippen LogP contribution in [0.4, 0.5) is 5.82 Å². The molecule has 2 heterocycles. The molecule has 1 aliphatic heterocycles. The summed E-state index contributed by atoms with van der Waals surface area (Å²) in [7, 11) is -1.22. The number of anilines is 1. The van der Waals surface area contributed by atoms with Crippen molar-refractivity contribution >= 4 is 15.8 Å². The number of hydrogen-bond donors (Lipinski definition) is 0. The van der Waals surface area contributed by atoms with Crippen LogP contribution in [0.3, 0.4) is 0 Å². The number of hydrogen-bond acceptors (Lipinski definition) is 4. The third-order valence-corrected chi connectivity index (χ3v) is 5.59. The van der Waals surface area contributed by atoms with Gasteiger partial charge in [0, 0.05) is 39.3 Å². The molecule has 1 fully saturated rings. The fraction of sp³-hybridized carbons (Fsp3) is 0.727. The van der Waals surface area contributed by atoms with Gasteiger partial charge in [-0.25, -0.2) is 8.42 Å². The van der Waals surface area contributed by atoms with Gasteiger partial charge in [0.25, 0.3) is 0 Å². The van der Waals surface area contributed by atoms with Crippen molar-refractivity contribution in [1.82, 2.24) is 14.1 Å². The summed E-state index contributed by atoms with van der Waals surface area (Å²) in [6.07, 6.45) is 1.76. The topological polar surface area (TPSA) is 58.4 Å². The Kier molecular flexibility index (Phi) is 3.63. The van der Waals surface area contributed by atoms with Crippen LogP contribution >= 0.6 is 0 Å². The Morgan fingerprint density at radius 1 is 1.22 bits per heavy atom. The van der Waals surface area contributed by atoms with Crippen molar-refractivity contribution in [1.29, 1.82) is 0 Å². The summed E-state index contributed by atoms with van der Waals surface area (Å²) < 4.78 is 27.5. The Morgan fingerprint density at radius 2 is 1.83 bits per heavy atom. The van der Waals surface area contributed by atoms with Crippen LogP contribution < -0.4 is 4.90 Å². The summed E-state index contributed by atoms with van der Waals surface area (Å²) in [5, 5.41) is 3.78. The van der Waals surface area contributed by atoms with Crippen molar-refractivity contribution in [2.24, 2.45) is 7.05 Å². The minimum atomic E-state index is -3.12. The highest BCUT2D eigenvalue weighted by Crippen LogP contribution is 2.17. The number of nitrogens with zero attached hydrogens (tertiary/aromatic N) is 4. The average Bonchev–Trinajstić information content (AvgIpc) is 2.75. The maximum Gasteiger partial charge on any atom is 0.216 e. The third-order valence-electron chi connectivity index (χ3n) is 3.31. The molecule has 1 aromatic heterocycles. The molecule has 1 aliphatic rings. The van der Waals surface area contributed by atoms with Crippen LogP contribution in [0, 0.1) is 0 Å². The Hall–Kier alpha value is -1.08. The fourth-order valence-corrected chi connectivity index (χ4v) is 3.42. The van der Waals surface area contributed by atoms with Gasteiger partial charge in [0.05, 0.1) is 11.4 Å². The highest BCUT2D eigenvalue weighted by Gasteiger charge is 2.29. The molecule has 0 unspecified atom stereocenters. The molecule has 102 valence electrons. The monoisotopic (exact) mass is 272 g/mol. The SMILES string of the molecule is CC(C)S(=O)(=O)N1CCN(c2ccnn2C)CC1. The lowest BCUT2D eigenvalue weighted by Gasteiger charge is -2.35. The summed E-state index contributed by atoms with van der Waals surface area (Å²) in [5.41, 5.74) is 0. The highest BCUT2D eigenvalue weighted by atomic mass is 32.2. The Labute approximate surface area is 108 Å². The summed E-state index contributed by atoms with van der Waals surface area (Å²) in [4.78, 5) is 2.17. The smallest absolute Gasteiger partial charge is 0.216 e. The average molecular weight is 272 g/mol. The van der Waals surface area contributed by atoms with Gasteiger partial charge in [-0.2, -0.15) is 9.40 Å². The van der Waals surface area contributed by atoms with Gasteiger partial charge in [0.1, 0.15) is 5.82 Å². The van der Waals surface area contributed by atoms with Crippen LogP contribution in [-0.2, 0) is 17.1 Å². The van der Waals surface area contributed by atoms with E-state index in [0.29, 0.717) is 26.2 Å². The van der Waals surface area contributed by atoms with E-state index in [1.165, 1.54) is 0 Å². The van der Waals surface area contributed by atoms with Crippen LogP contribution in [0.1, 0.15) is 13.8 Å². The molecule has 0 amide bonds. The molecular formula is C11H20N4O2S. The fourth-order valence-electron chi connectivity index (χ4n) is 2.15. The molecule has 6 nitrogen and oxygen atoms in total. The lowest BCUT2D eigenvalue weighted by atomic mass is 10.3. The van der Waals surface area contributed by atoms with Crippen molar-refractivity contribution < 1.29 is 8.42 Å². The zero-order valence-electron chi connectivity index (χ0n) is 11.1. The van der Waals surface area contributed by atoms with Crippen molar-refractivity contribution in [3.63, 3.8) is 0 Å². The summed E-state index contributed by atoms with van der Waals surface area (Å²) >= 11 is 0. The van der Waals surface area contributed by atoms with Crippen LogP contribution in [0.15, 0.2) is 12.3 Å². The molecule has 7 heteroatoms. The summed E-state index contributed by atoms with van der Waals surface area (Å²) in [6.45, 7) is 5.97. The Morgan fingerprint density at radius 3 is 2.28 bits per heavy atom. The first-order chi connectivity index (χ1) is 8.43. The normalized spacial score (nSPS) is 18.6. The van der Waals surface area contributed by atoms with Gasteiger partial charge < -0.3 is 4.90 Å². The molecule has 18 heavy (non-hydrogen) atoms. The van der Waals surface area contributed by atoms with Gasteiger partial charge in [-0.15, -0.1) is 0 Å². The van der Waals surface area contributed by atoms with E-state index in [-0.39, 0.29) is 5.25 Å². The van der Waals surface area contributed by atoms with Crippen molar-refractivity contribution in [2.45, 2.75) is 19.1 Å². The number of rotatable bonds is 3. The van der Waals surface area contributed by atoms with E-state index in [9.17, 15) is 8.42 Å². The van der Waals surface area contributed by atoms with E-state index >= 15 is 0 Å². The predicted molar refractivity (Wildman–Crippen MR) is 71.0 cm³/mol. The molecule has 1 aromatic rings. The molecule has 0 N–H and O–H groups in total. The zero-order valence-corrected chi connectivity index (χ0v) is 11.9. The van der Waals surface area contributed by atoms with Gasteiger partial charge in [-0.05, 0) is 13.8 Å². The number of sulfonamides is 1. The largest absolute Gasteiger partial charge is 0.354 e. The van der Waals surface area contributed by atoms with Crippen molar-refractivity contribution in [2.75, 3.05) is 31.1 Å². The minimum Gasteiger partial charge on any atom is -0.354 e. The number of piperazine rings is 1. The first-order valence-electron chi connectivity index (χ1n) is 6.15. The van der Waals surface area contributed by atoms with Crippen LogP contribution in [0.2, 0.25) is 0 Å². The maximum absolute atomic E-state index is 12.0. The maximum atomic E-state index is 12.0. The van der Waals surface area contributed by atoms with E-state index in [4.69, 9.17) is 0 Å². The molecule has 0 bridgehead atoms. The first kappa shape index (κ1) is 13.4. The van der Waals surface area contributed by atoms with E-state index in [1.54, 1.807) is 24.3 Å². The second-order valence-electron chi connectivity index (χ2n) is 4.79. The quantitative estimate of drug-likeness (QED) is 0.793. The lowest BCUT2D eigenvalue weighted by molar-refractivity contribution is 0.378. The standard InChI is InChI=1S/C11H20N4O2S/c1-10(2)18(16,17)15-8-6-14(7-9-15)11-4-5-12-13(11)3/h4-5,10H,6-9H2,1-3H3. The molecular weight excluding hydrogens is 252 g/mol. The van der Waals surface area contributed by atoms with Crippen molar-refractivity contribution in [3.05, 3.63) is 12.3 Å². The van der Waals surface area contributed by atoms with Gasteiger partial charge >= 0.3 is 0 Å². The number of aryl methyl sites for hydroxylation is 1. The zero-order chi connectivity index (χ0) is 13.3. The third kappa shape index (κ3) is 2.37. The molecule has 2 rings (SSSR count). The molecule has 0 aliphatic carbocycles. The van der Waals surface area contributed by atoms with Crippen molar-refractivity contribution in [3.8, 4) is 0 Å². The van der Waals surface area contributed by atoms with Gasteiger partial charge in [-0.1, -0.05) is 0 Å². The molecule has 0 atom stereocenters. The van der Waals surface area contributed by atoms with Gasteiger partial charge in [0.15, 0.2) is 0 Å². The van der Waals surface area contributed by atoms with E-state index in [1.807, 2.05) is 17.8 Å². The molecule has 1 saturated heterocycles. The Bertz CT molecular complexity index is 501. The minimum absolute atomic E-state index is 0.347. The van der Waals surface area contributed by atoms with E-state index < -0.39 is 10.0 Å².